The van der Waals surface area contributed by atoms with Gasteiger partial charge in [-0.25, -0.2) is 9.52 Å². The number of hydrogen-bond donors (Lipinski definition) is 1. The van der Waals surface area contributed by atoms with Crippen molar-refractivity contribution in [2.75, 3.05) is 0 Å². The summed E-state index contributed by atoms with van der Waals surface area (Å²) in [6, 6.07) is -0.433. The Kier molecular flexibility index (Phi) is 6.38. The lowest BCUT2D eigenvalue weighted by Gasteiger charge is -2.42. The molecule has 0 bridgehead atoms. The molecule has 0 saturated carbocycles. The molecule has 3 unspecified atom stereocenters. The van der Waals surface area contributed by atoms with Gasteiger partial charge in [0.05, 0.1) is 17.1 Å². The maximum absolute atomic E-state index is 12.9. The van der Waals surface area contributed by atoms with Gasteiger partial charge in [-0.15, -0.1) is 11.8 Å². The Bertz CT molecular complexity index is 536. The maximum atomic E-state index is 12.9. The van der Waals surface area contributed by atoms with Crippen molar-refractivity contribution in [2.24, 2.45) is 0 Å². The predicted octanol–water partition coefficient (Wildman–Crippen LogP) is 3.45. The first-order valence-electron chi connectivity index (χ1n) is 8.46. The van der Waals surface area contributed by atoms with Crippen LogP contribution in [0.1, 0.15) is 69.2 Å². The monoisotopic (exact) mass is 393 g/mol. The number of likely N-dealkylation sites (tertiary alicyclic amines) is 1. The molecule has 3 atom stereocenters. The van der Waals surface area contributed by atoms with Crippen LogP contribution in [0.15, 0.2) is 0 Å². The van der Waals surface area contributed by atoms with Crippen molar-refractivity contribution in [2.45, 2.75) is 102 Å². The molecule has 0 spiro atoms. The molecule has 1 fully saturated rings. The highest BCUT2D eigenvalue weighted by atomic mass is 32.2. The van der Waals surface area contributed by atoms with Crippen molar-refractivity contribution < 1.29 is 18.3 Å². The molecule has 0 aromatic rings. The van der Waals surface area contributed by atoms with E-state index in [4.69, 9.17) is 4.74 Å². The number of carbonyl (C=O) groups is 1. The highest BCUT2D eigenvalue weighted by molar-refractivity contribution is 8.01. The summed E-state index contributed by atoms with van der Waals surface area (Å²) < 4.78 is 31.0. The minimum absolute atomic E-state index is 0.0910. The fourth-order valence-electron chi connectivity index (χ4n) is 3.47. The SMILES string of the molecule is CC(C)(C)OC(=O)N1C(C)(C)C(NS(=O)[O-])C(SC(C)(C)C)C1(C)C. The summed E-state index contributed by atoms with van der Waals surface area (Å²) in [4.78, 5) is 14.6. The normalized spacial score (nSPS) is 27.2. The maximum Gasteiger partial charge on any atom is 0.411 e. The third-order valence-corrected chi connectivity index (χ3v) is 6.45. The molecule has 1 heterocycles. The standard InChI is InChI=1S/C17H34N2O4S2/c1-14(2,3)23-13(20)19-16(7,8)11(18-25(21)22)12(17(19,9)10)24-15(4,5)6/h11-12,18H,1-10H3,(H,21,22)/p-1. The van der Waals surface area contributed by atoms with Gasteiger partial charge in [0.15, 0.2) is 0 Å². The second-order valence-corrected chi connectivity index (χ2v) is 12.3. The van der Waals surface area contributed by atoms with E-state index in [0.29, 0.717) is 0 Å². The van der Waals surface area contributed by atoms with Gasteiger partial charge in [-0.2, -0.15) is 0 Å². The van der Waals surface area contributed by atoms with Crippen molar-refractivity contribution in [3.05, 3.63) is 0 Å². The van der Waals surface area contributed by atoms with Gasteiger partial charge in [0.2, 0.25) is 0 Å². The van der Waals surface area contributed by atoms with Gasteiger partial charge < -0.3 is 9.29 Å². The van der Waals surface area contributed by atoms with E-state index >= 15 is 0 Å². The lowest BCUT2D eigenvalue weighted by Crippen LogP contribution is -2.57. The number of hydrogen-bond acceptors (Lipinski definition) is 5. The molecule has 1 amide bonds. The Morgan fingerprint density at radius 3 is 1.96 bits per heavy atom. The van der Waals surface area contributed by atoms with E-state index in [0.717, 1.165) is 0 Å². The van der Waals surface area contributed by atoms with Crippen molar-refractivity contribution in [1.29, 1.82) is 0 Å². The van der Waals surface area contributed by atoms with Crippen molar-refractivity contribution in [1.82, 2.24) is 9.62 Å². The molecule has 0 aromatic heterocycles. The van der Waals surface area contributed by atoms with Gasteiger partial charge in [0.1, 0.15) is 5.60 Å². The number of nitrogens with zero attached hydrogens (tertiary/aromatic N) is 1. The quantitative estimate of drug-likeness (QED) is 0.743. The molecular formula is C17H33N2O4S2-. The highest BCUT2D eigenvalue weighted by Crippen LogP contribution is 2.50. The largest absolute Gasteiger partial charge is 0.760 e. The van der Waals surface area contributed by atoms with Crippen molar-refractivity contribution in [3.63, 3.8) is 0 Å². The molecule has 1 N–H and O–H groups in total. The lowest BCUT2D eigenvalue weighted by atomic mass is 9.94. The average Bonchev–Trinajstić information content (AvgIpc) is 2.40. The van der Waals surface area contributed by atoms with E-state index in [1.165, 1.54) is 0 Å². The summed E-state index contributed by atoms with van der Waals surface area (Å²) in [6.45, 7) is 19.4. The Hall–Kier alpha value is -0.310. The summed E-state index contributed by atoms with van der Waals surface area (Å²) in [5, 5.41) is -0.132. The van der Waals surface area contributed by atoms with Crippen LogP contribution in [0.5, 0.6) is 0 Å². The number of carbonyl (C=O) groups excluding carboxylic acids is 1. The smallest absolute Gasteiger partial charge is 0.411 e. The second-order valence-electron chi connectivity index (χ2n) is 9.60. The summed E-state index contributed by atoms with van der Waals surface area (Å²) in [5.74, 6) is 0. The topological polar surface area (TPSA) is 81.7 Å². The average molecular weight is 394 g/mol. The van der Waals surface area contributed by atoms with Gasteiger partial charge in [-0.3, -0.25) is 9.11 Å². The predicted molar refractivity (Wildman–Crippen MR) is 103 cm³/mol. The number of nitrogens with one attached hydrogen (secondary N) is 1. The van der Waals surface area contributed by atoms with Crippen LogP contribution in [0.25, 0.3) is 0 Å². The van der Waals surface area contributed by atoms with Gasteiger partial charge in [0.25, 0.3) is 0 Å². The number of ether oxygens (including phenoxy) is 1. The van der Waals surface area contributed by atoms with Gasteiger partial charge >= 0.3 is 6.09 Å². The van der Waals surface area contributed by atoms with E-state index in [1.807, 2.05) is 48.5 Å². The fraction of sp³-hybridized carbons (Fsp3) is 0.941. The van der Waals surface area contributed by atoms with Crippen LogP contribution in [0.4, 0.5) is 4.79 Å². The third kappa shape index (κ3) is 5.34. The first kappa shape index (κ1) is 22.7. The van der Waals surface area contributed by atoms with Gasteiger partial charge in [-0.05, 0) is 48.5 Å². The van der Waals surface area contributed by atoms with Crippen molar-refractivity contribution >= 4 is 29.1 Å². The molecule has 1 aliphatic rings. The molecule has 6 nitrogen and oxygen atoms in total. The first-order chi connectivity index (χ1) is 10.9. The fourth-order valence-corrected chi connectivity index (χ4v) is 5.88. The van der Waals surface area contributed by atoms with Crippen LogP contribution >= 0.6 is 11.8 Å². The van der Waals surface area contributed by atoms with Crippen LogP contribution in [0, 0.1) is 0 Å². The zero-order chi connectivity index (χ0) is 20.0. The van der Waals surface area contributed by atoms with E-state index in [1.54, 1.807) is 16.7 Å². The van der Waals surface area contributed by atoms with E-state index < -0.39 is 40.1 Å². The minimum atomic E-state index is -2.42. The number of amides is 1. The van der Waals surface area contributed by atoms with Gasteiger partial charge in [0, 0.05) is 21.3 Å². The summed E-state index contributed by atoms with van der Waals surface area (Å²) in [5.41, 5.74) is -1.96. The first-order valence-corrected chi connectivity index (χ1v) is 10.4. The Labute approximate surface area is 159 Å². The van der Waals surface area contributed by atoms with E-state index in [2.05, 4.69) is 25.5 Å². The number of thioether (sulfide) groups is 1. The zero-order valence-electron chi connectivity index (χ0n) is 17.1. The second kappa shape index (κ2) is 7.02. The molecule has 25 heavy (non-hydrogen) atoms. The van der Waals surface area contributed by atoms with Crippen LogP contribution < -0.4 is 4.72 Å². The molecule has 0 radical (unpaired) electrons. The van der Waals surface area contributed by atoms with Crippen LogP contribution in [0.3, 0.4) is 0 Å². The molecule has 8 heteroatoms. The van der Waals surface area contributed by atoms with Gasteiger partial charge in [-0.1, -0.05) is 20.8 Å². The molecule has 148 valence electrons. The Balaban J connectivity index is 3.38. The molecule has 1 rings (SSSR count). The summed E-state index contributed by atoms with van der Waals surface area (Å²) in [7, 11) is 0. The Morgan fingerprint density at radius 1 is 1.12 bits per heavy atom. The lowest BCUT2D eigenvalue weighted by molar-refractivity contribution is -0.00989. The zero-order valence-corrected chi connectivity index (χ0v) is 18.7. The van der Waals surface area contributed by atoms with E-state index in [-0.39, 0.29) is 10.00 Å². The van der Waals surface area contributed by atoms with Crippen LogP contribution in [-0.2, 0) is 16.0 Å². The van der Waals surface area contributed by atoms with Crippen LogP contribution in [-0.4, -0.2) is 52.5 Å². The number of rotatable bonds is 3. The summed E-state index contributed by atoms with van der Waals surface area (Å²) >= 11 is -0.746. The Morgan fingerprint density at radius 2 is 1.60 bits per heavy atom. The summed E-state index contributed by atoms with van der Waals surface area (Å²) in [6.07, 6.45) is -0.428. The molecule has 0 aliphatic carbocycles. The third-order valence-electron chi connectivity index (χ3n) is 4.19. The molecule has 0 aromatic carbocycles. The molecule has 1 saturated heterocycles. The highest BCUT2D eigenvalue weighted by Gasteiger charge is 2.61. The molecule has 1 aliphatic heterocycles. The van der Waals surface area contributed by atoms with E-state index in [9.17, 15) is 13.6 Å². The molecular weight excluding hydrogens is 360 g/mol. The minimum Gasteiger partial charge on any atom is -0.760 e. The van der Waals surface area contributed by atoms with Crippen LogP contribution in [0.2, 0.25) is 0 Å². The van der Waals surface area contributed by atoms with Crippen molar-refractivity contribution in [3.8, 4) is 0 Å².